The highest BCUT2D eigenvalue weighted by molar-refractivity contribution is 5.81. The van der Waals surface area contributed by atoms with Crippen LogP contribution in [0.4, 0.5) is 0 Å². The lowest BCUT2D eigenvalue weighted by Gasteiger charge is -2.35. The van der Waals surface area contributed by atoms with E-state index in [1.54, 1.807) is 4.90 Å². The van der Waals surface area contributed by atoms with E-state index in [1.807, 2.05) is 6.92 Å². The molecule has 2 atom stereocenters. The lowest BCUT2D eigenvalue weighted by Crippen LogP contribution is -2.52. The second-order valence-electron chi connectivity index (χ2n) is 5.54. The lowest BCUT2D eigenvalue weighted by atomic mass is 9.97. The van der Waals surface area contributed by atoms with E-state index in [4.69, 9.17) is 14.7 Å². The first-order valence-corrected chi connectivity index (χ1v) is 7.69. The van der Waals surface area contributed by atoms with E-state index in [9.17, 15) is 4.79 Å². The van der Waals surface area contributed by atoms with Crippen LogP contribution in [0.5, 0.6) is 0 Å². The van der Waals surface area contributed by atoms with Crippen molar-refractivity contribution in [2.24, 2.45) is 0 Å². The molecule has 5 heteroatoms. The molecule has 0 aromatic rings. The first-order valence-electron chi connectivity index (χ1n) is 7.69. The molecule has 0 aromatic carbocycles. The first-order chi connectivity index (χ1) is 9.76. The van der Waals surface area contributed by atoms with Crippen LogP contribution >= 0.6 is 0 Å². The molecule has 1 saturated heterocycles. The van der Waals surface area contributed by atoms with E-state index in [1.165, 1.54) is 19.3 Å². The second kappa shape index (κ2) is 7.61. The number of morpholine rings is 1. The third-order valence-electron chi connectivity index (χ3n) is 4.12. The van der Waals surface area contributed by atoms with Gasteiger partial charge in [0.25, 0.3) is 5.91 Å². The van der Waals surface area contributed by atoms with Gasteiger partial charge in [0, 0.05) is 6.54 Å². The van der Waals surface area contributed by atoms with Crippen LogP contribution in [0.2, 0.25) is 0 Å². The first kappa shape index (κ1) is 15.3. The van der Waals surface area contributed by atoms with Gasteiger partial charge < -0.3 is 14.4 Å². The fourth-order valence-corrected chi connectivity index (χ4v) is 2.92. The van der Waals surface area contributed by atoms with Crippen molar-refractivity contribution in [2.75, 3.05) is 19.8 Å². The Bertz CT molecular complexity index is 361. The van der Waals surface area contributed by atoms with Crippen molar-refractivity contribution in [3.05, 3.63) is 0 Å². The number of carbonyl (C=O) groups excluding carboxylic acids is 1. The van der Waals surface area contributed by atoms with Crippen LogP contribution < -0.4 is 0 Å². The molecule has 2 rings (SSSR count). The molecule has 1 amide bonds. The summed E-state index contributed by atoms with van der Waals surface area (Å²) < 4.78 is 11.3. The zero-order valence-electron chi connectivity index (χ0n) is 12.2. The Balaban J connectivity index is 1.94. The van der Waals surface area contributed by atoms with Crippen LogP contribution in [-0.4, -0.2) is 48.8 Å². The zero-order valence-corrected chi connectivity index (χ0v) is 12.2. The molecule has 0 N–H and O–H groups in total. The highest BCUT2D eigenvalue weighted by Gasteiger charge is 2.33. The fourth-order valence-electron chi connectivity index (χ4n) is 2.92. The summed E-state index contributed by atoms with van der Waals surface area (Å²) in [6, 6.07) is 1.67. The summed E-state index contributed by atoms with van der Waals surface area (Å²) in [5, 5.41) is 9.12. The Morgan fingerprint density at radius 2 is 2.20 bits per heavy atom. The molecule has 0 radical (unpaired) electrons. The number of nitriles is 1. The highest BCUT2D eigenvalue weighted by atomic mass is 16.5. The standard InChI is InChI=1S/C15H24N2O3/c1-2-14(20-13-6-4-3-5-7-13)15(18)17-8-9-19-11-12(17)10-16/h12-14H,2-9,11H2,1H3/t12-,14+/m0/s1. The van der Waals surface area contributed by atoms with Gasteiger partial charge in [0.05, 0.1) is 25.4 Å². The smallest absolute Gasteiger partial charge is 0.252 e. The molecule has 0 aromatic heterocycles. The van der Waals surface area contributed by atoms with Crippen molar-refractivity contribution < 1.29 is 14.3 Å². The Labute approximate surface area is 120 Å². The van der Waals surface area contributed by atoms with E-state index >= 15 is 0 Å². The Morgan fingerprint density at radius 3 is 2.85 bits per heavy atom. The number of rotatable bonds is 4. The molecule has 20 heavy (non-hydrogen) atoms. The maximum atomic E-state index is 12.6. The monoisotopic (exact) mass is 280 g/mol. The topological polar surface area (TPSA) is 62.6 Å². The van der Waals surface area contributed by atoms with E-state index in [-0.39, 0.29) is 12.0 Å². The van der Waals surface area contributed by atoms with Gasteiger partial charge in [-0.3, -0.25) is 4.79 Å². The van der Waals surface area contributed by atoms with Crippen molar-refractivity contribution in [3.63, 3.8) is 0 Å². The van der Waals surface area contributed by atoms with Gasteiger partial charge in [0.15, 0.2) is 0 Å². The van der Waals surface area contributed by atoms with Crippen LogP contribution in [0.25, 0.3) is 0 Å². The molecule has 1 aliphatic carbocycles. The number of carbonyl (C=O) groups is 1. The normalized spacial score (nSPS) is 26.0. The van der Waals surface area contributed by atoms with Crippen molar-refractivity contribution >= 4 is 5.91 Å². The molecule has 0 spiro atoms. The van der Waals surface area contributed by atoms with Gasteiger partial charge in [0.1, 0.15) is 12.1 Å². The molecule has 2 aliphatic rings. The molecule has 2 fully saturated rings. The largest absolute Gasteiger partial charge is 0.376 e. The van der Waals surface area contributed by atoms with Crippen molar-refractivity contribution in [1.82, 2.24) is 4.90 Å². The third kappa shape index (κ3) is 3.71. The summed E-state index contributed by atoms with van der Waals surface area (Å²) in [4.78, 5) is 14.2. The minimum atomic E-state index is -0.472. The Morgan fingerprint density at radius 1 is 1.45 bits per heavy atom. The van der Waals surface area contributed by atoms with Crippen LogP contribution in [-0.2, 0) is 14.3 Å². The van der Waals surface area contributed by atoms with Gasteiger partial charge in [-0.15, -0.1) is 0 Å². The molecule has 0 bridgehead atoms. The molecular weight excluding hydrogens is 256 g/mol. The van der Waals surface area contributed by atoms with Gasteiger partial charge >= 0.3 is 0 Å². The second-order valence-corrected chi connectivity index (χ2v) is 5.54. The summed E-state index contributed by atoms with van der Waals surface area (Å²) in [7, 11) is 0. The molecule has 0 unspecified atom stereocenters. The van der Waals surface area contributed by atoms with E-state index in [2.05, 4.69) is 6.07 Å². The van der Waals surface area contributed by atoms with Crippen LogP contribution in [0.1, 0.15) is 45.4 Å². The number of hydrogen-bond acceptors (Lipinski definition) is 4. The number of nitrogens with zero attached hydrogens (tertiary/aromatic N) is 2. The third-order valence-corrected chi connectivity index (χ3v) is 4.12. The molecule has 1 saturated carbocycles. The SMILES string of the molecule is CC[C@@H](OC1CCCCC1)C(=O)N1CCOC[C@@H]1C#N. The van der Waals surface area contributed by atoms with E-state index in [0.29, 0.717) is 26.2 Å². The van der Waals surface area contributed by atoms with Gasteiger partial charge in [-0.1, -0.05) is 26.2 Å². The summed E-state index contributed by atoms with van der Waals surface area (Å²) in [6.45, 7) is 3.26. The van der Waals surface area contributed by atoms with Crippen molar-refractivity contribution in [1.29, 1.82) is 5.26 Å². The van der Waals surface area contributed by atoms with Gasteiger partial charge in [-0.05, 0) is 19.3 Å². The molecular formula is C15H24N2O3. The summed E-state index contributed by atoms with van der Waals surface area (Å²) in [5.74, 6) is -0.0482. The van der Waals surface area contributed by atoms with Crippen LogP contribution in [0.15, 0.2) is 0 Å². The van der Waals surface area contributed by atoms with Gasteiger partial charge in [-0.2, -0.15) is 5.26 Å². The minimum absolute atomic E-state index is 0.0482. The number of hydrogen-bond donors (Lipinski definition) is 0. The summed E-state index contributed by atoms with van der Waals surface area (Å²) in [5.41, 5.74) is 0. The Hall–Kier alpha value is -1.12. The minimum Gasteiger partial charge on any atom is -0.376 e. The average Bonchev–Trinajstić information content (AvgIpc) is 2.53. The Kier molecular flexibility index (Phi) is 5.81. The summed E-state index contributed by atoms with van der Waals surface area (Å²) in [6.07, 6.45) is 6.20. The van der Waals surface area contributed by atoms with Crippen molar-refractivity contribution in [2.45, 2.75) is 63.7 Å². The van der Waals surface area contributed by atoms with Gasteiger partial charge in [-0.25, -0.2) is 0 Å². The van der Waals surface area contributed by atoms with E-state index in [0.717, 1.165) is 12.8 Å². The van der Waals surface area contributed by atoms with Gasteiger partial charge in [0.2, 0.25) is 0 Å². The zero-order chi connectivity index (χ0) is 14.4. The number of amides is 1. The molecule has 1 aliphatic heterocycles. The maximum Gasteiger partial charge on any atom is 0.252 e. The fraction of sp³-hybridized carbons (Fsp3) is 0.867. The van der Waals surface area contributed by atoms with Crippen LogP contribution in [0.3, 0.4) is 0 Å². The van der Waals surface area contributed by atoms with Crippen LogP contribution in [0, 0.1) is 11.3 Å². The predicted molar refractivity (Wildman–Crippen MR) is 74.0 cm³/mol. The lowest BCUT2D eigenvalue weighted by molar-refractivity contribution is -0.155. The quantitative estimate of drug-likeness (QED) is 0.788. The predicted octanol–water partition coefficient (Wildman–Crippen LogP) is 1.87. The van der Waals surface area contributed by atoms with E-state index < -0.39 is 12.1 Å². The average molecular weight is 280 g/mol. The number of ether oxygens (including phenoxy) is 2. The molecule has 112 valence electrons. The highest BCUT2D eigenvalue weighted by Crippen LogP contribution is 2.23. The molecule has 1 heterocycles. The molecule has 5 nitrogen and oxygen atoms in total. The summed E-state index contributed by atoms with van der Waals surface area (Å²) >= 11 is 0. The maximum absolute atomic E-state index is 12.6. The van der Waals surface area contributed by atoms with Crippen molar-refractivity contribution in [3.8, 4) is 6.07 Å².